The van der Waals surface area contributed by atoms with E-state index in [0.717, 1.165) is 0 Å². The van der Waals surface area contributed by atoms with Gasteiger partial charge in [0.15, 0.2) is 5.78 Å². The summed E-state index contributed by atoms with van der Waals surface area (Å²) in [6.45, 7) is 1.91. The number of carboxylic acid groups (broad SMARTS) is 1. The van der Waals surface area contributed by atoms with Crippen LogP contribution in [0.15, 0.2) is 0 Å². The standard InChI is InChI=1S/C8H12N2O4/c1-4(10-8(13)14)6(11)5-2-3-9-7(5)12/h4-5,10H,2-3H2,1H3,(H,9,12)(H,13,14)/t4-,5-/m0/s1. The first-order chi connectivity index (χ1) is 6.52. The van der Waals surface area contributed by atoms with Gasteiger partial charge in [0.25, 0.3) is 0 Å². The van der Waals surface area contributed by atoms with Gasteiger partial charge in [-0.15, -0.1) is 0 Å². The van der Waals surface area contributed by atoms with Gasteiger partial charge in [-0.3, -0.25) is 9.59 Å². The summed E-state index contributed by atoms with van der Waals surface area (Å²) in [5, 5.41) is 12.9. The molecule has 0 aromatic rings. The molecule has 6 heteroatoms. The van der Waals surface area contributed by atoms with E-state index in [0.29, 0.717) is 13.0 Å². The first kappa shape index (κ1) is 10.5. The molecule has 14 heavy (non-hydrogen) atoms. The minimum Gasteiger partial charge on any atom is -0.465 e. The zero-order chi connectivity index (χ0) is 10.7. The summed E-state index contributed by atoms with van der Waals surface area (Å²) in [5.41, 5.74) is 0. The largest absolute Gasteiger partial charge is 0.465 e. The van der Waals surface area contributed by atoms with E-state index in [1.807, 2.05) is 5.32 Å². The Balaban J connectivity index is 2.55. The Morgan fingerprint density at radius 2 is 2.29 bits per heavy atom. The van der Waals surface area contributed by atoms with E-state index < -0.39 is 18.1 Å². The van der Waals surface area contributed by atoms with E-state index in [1.54, 1.807) is 0 Å². The summed E-state index contributed by atoms with van der Waals surface area (Å²) in [6, 6.07) is -0.832. The minimum atomic E-state index is -1.26. The van der Waals surface area contributed by atoms with Gasteiger partial charge in [0.2, 0.25) is 5.91 Å². The number of amides is 2. The van der Waals surface area contributed by atoms with Crippen LogP contribution in [0.5, 0.6) is 0 Å². The van der Waals surface area contributed by atoms with Crippen molar-refractivity contribution in [2.24, 2.45) is 5.92 Å². The van der Waals surface area contributed by atoms with Crippen molar-refractivity contribution in [1.29, 1.82) is 0 Å². The molecule has 6 nitrogen and oxygen atoms in total. The molecule has 1 aliphatic rings. The molecule has 0 aliphatic carbocycles. The summed E-state index contributed by atoms with van der Waals surface area (Å²) in [4.78, 5) is 32.9. The van der Waals surface area contributed by atoms with Crippen LogP contribution in [-0.2, 0) is 9.59 Å². The number of nitrogens with one attached hydrogen (secondary N) is 2. The Hall–Kier alpha value is -1.59. The van der Waals surface area contributed by atoms with Crippen molar-refractivity contribution in [2.75, 3.05) is 6.54 Å². The molecule has 2 amide bonds. The van der Waals surface area contributed by atoms with Gasteiger partial charge in [-0.05, 0) is 13.3 Å². The van der Waals surface area contributed by atoms with Crippen molar-refractivity contribution in [3.05, 3.63) is 0 Å². The van der Waals surface area contributed by atoms with Gasteiger partial charge in [-0.2, -0.15) is 0 Å². The van der Waals surface area contributed by atoms with Crippen molar-refractivity contribution in [2.45, 2.75) is 19.4 Å². The Morgan fingerprint density at radius 1 is 1.64 bits per heavy atom. The van der Waals surface area contributed by atoms with Gasteiger partial charge < -0.3 is 15.7 Å². The predicted molar refractivity (Wildman–Crippen MR) is 46.7 cm³/mol. The Morgan fingerprint density at radius 3 is 2.71 bits per heavy atom. The number of hydrogen-bond donors (Lipinski definition) is 3. The van der Waals surface area contributed by atoms with Crippen molar-refractivity contribution in [3.63, 3.8) is 0 Å². The molecule has 1 heterocycles. The fourth-order valence-corrected chi connectivity index (χ4v) is 1.42. The van der Waals surface area contributed by atoms with Gasteiger partial charge in [-0.25, -0.2) is 4.79 Å². The van der Waals surface area contributed by atoms with E-state index >= 15 is 0 Å². The first-order valence-electron chi connectivity index (χ1n) is 4.33. The number of rotatable bonds is 3. The number of hydrogen-bond acceptors (Lipinski definition) is 3. The molecule has 78 valence electrons. The van der Waals surface area contributed by atoms with E-state index in [-0.39, 0.29) is 11.7 Å². The molecule has 3 N–H and O–H groups in total. The zero-order valence-electron chi connectivity index (χ0n) is 7.74. The van der Waals surface area contributed by atoms with Crippen LogP contribution in [0.4, 0.5) is 4.79 Å². The molecule has 0 unspecified atom stereocenters. The SMILES string of the molecule is C[C@H](NC(=O)O)C(=O)[C@@H]1CCNC1=O. The maximum atomic E-state index is 11.5. The summed E-state index contributed by atoms with van der Waals surface area (Å²) in [7, 11) is 0. The summed E-state index contributed by atoms with van der Waals surface area (Å²) < 4.78 is 0. The highest BCUT2D eigenvalue weighted by molar-refractivity contribution is 6.05. The van der Waals surface area contributed by atoms with Crippen LogP contribution in [0.1, 0.15) is 13.3 Å². The quantitative estimate of drug-likeness (QED) is 0.527. The van der Waals surface area contributed by atoms with Crippen molar-refractivity contribution >= 4 is 17.8 Å². The highest BCUT2D eigenvalue weighted by Gasteiger charge is 2.34. The van der Waals surface area contributed by atoms with Crippen LogP contribution in [-0.4, -0.2) is 35.5 Å². The second kappa shape index (κ2) is 4.08. The first-order valence-corrected chi connectivity index (χ1v) is 4.33. The molecular formula is C8H12N2O4. The monoisotopic (exact) mass is 200 g/mol. The average molecular weight is 200 g/mol. The normalized spacial score (nSPS) is 22.6. The molecule has 1 fully saturated rings. The second-order valence-electron chi connectivity index (χ2n) is 3.21. The third kappa shape index (κ3) is 2.21. The fraction of sp³-hybridized carbons (Fsp3) is 0.625. The number of carbonyl (C=O) groups is 3. The highest BCUT2D eigenvalue weighted by Crippen LogP contribution is 2.12. The molecule has 0 radical (unpaired) electrons. The lowest BCUT2D eigenvalue weighted by Crippen LogP contribution is -2.42. The van der Waals surface area contributed by atoms with E-state index in [9.17, 15) is 14.4 Å². The molecule has 1 rings (SSSR count). The summed E-state index contributed by atoms with van der Waals surface area (Å²) >= 11 is 0. The van der Waals surface area contributed by atoms with Crippen molar-refractivity contribution in [3.8, 4) is 0 Å². The number of Topliss-reactive ketones (excluding diaryl/α,β-unsaturated/α-hetero) is 1. The summed E-state index contributed by atoms with van der Waals surface area (Å²) in [6.07, 6.45) is -0.812. The second-order valence-corrected chi connectivity index (χ2v) is 3.21. The van der Waals surface area contributed by atoms with Crippen LogP contribution in [0, 0.1) is 5.92 Å². The fourth-order valence-electron chi connectivity index (χ4n) is 1.42. The Bertz CT molecular complexity index is 277. The average Bonchev–Trinajstić information content (AvgIpc) is 2.48. The van der Waals surface area contributed by atoms with Gasteiger partial charge in [0, 0.05) is 6.54 Å². The molecular weight excluding hydrogens is 188 g/mol. The zero-order valence-corrected chi connectivity index (χ0v) is 7.74. The molecule has 0 bridgehead atoms. The molecule has 0 saturated carbocycles. The maximum Gasteiger partial charge on any atom is 0.405 e. The predicted octanol–water partition coefficient (Wildman–Crippen LogP) is -0.652. The van der Waals surface area contributed by atoms with Crippen LogP contribution in [0.2, 0.25) is 0 Å². The van der Waals surface area contributed by atoms with Crippen LogP contribution in [0.25, 0.3) is 0 Å². The lowest BCUT2D eigenvalue weighted by atomic mass is 9.98. The molecule has 0 spiro atoms. The number of carbonyl (C=O) groups excluding carboxylic acids is 2. The van der Waals surface area contributed by atoms with Gasteiger partial charge in [0.1, 0.15) is 5.92 Å². The molecule has 1 aliphatic heterocycles. The molecule has 0 aromatic heterocycles. The van der Waals surface area contributed by atoms with Gasteiger partial charge >= 0.3 is 6.09 Å². The van der Waals surface area contributed by atoms with E-state index in [2.05, 4.69) is 5.32 Å². The third-order valence-corrected chi connectivity index (χ3v) is 2.16. The van der Waals surface area contributed by atoms with Crippen LogP contribution >= 0.6 is 0 Å². The topological polar surface area (TPSA) is 95.5 Å². The third-order valence-electron chi connectivity index (χ3n) is 2.16. The van der Waals surface area contributed by atoms with Crippen molar-refractivity contribution in [1.82, 2.24) is 10.6 Å². The highest BCUT2D eigenvalue weighted by atomic mass is 16.4. The minimum absolute atomic E-state index is 0.311. The molecule has 2 atom stereocenters. The van der Waals surface area contributed by atoms with Crippen LogP contribution < -0.4 is 10.6 Å². The van der Waals surface area contributed by atoms with Crippen molar-refractivity contribution < 1.29 is 19.5 Å². The maximum absolute atomic E-state index is 11.5. The smallest absolute Gasteiger partial charge is 0.405 e. The van der Waals surface area contributed by atoms with E-state index in [4.69, 9.17) is 5.11 Å². The number of ketones is 1. The van der Waals surface area contributed by atoms with E-state index in [1.165, 1.54) is 6.92 Å². The summed E-state index contributed by atoms with van der Waals surface area (Å²) in [5.74, 6) is -1.38. The molecule has 0 aromatic carbocycles. The lowest BCUT2D eigenvalue weighted by Gasteiger charge is -2.12. The Labute approximate surface area is 80.7 Å². The Kier molecular flexibility index (Phi) is 3.06. The van der Waals surface area contributed by atoms with Gasteiger partial charge in [0.05, 0.1) is 6.04 Å². The lowest BCUT2D eigenvalue weighted by molar-refractivity contribution is -0.132. The molecule has 1 saturated heterocycles. The van der Waals surface area contributed by atoms with Gasteiger partial charge in [-0.1, -0.05) is 0 Å². The van der Waals surface area contributed by atoms with Crippen LogP contribution in [0.3, 0.4) is 0 Å².